The zero-order valence-corrected chi connectivity index (χ0v) is 12.5. The number of hydrogen-bond acceptors (Lipinski definition) is 4. The first-order valence-corrected chi connectivity index (χ1v) is 7.18. The monoisotopic (exact) mass is 361 g/mol. The van der Waals surface area contributed by atoms with E-state index in [2.05, 4.69) is 47.1 Å². The van der Waals surface area contributed by atoms with Gasteiger partial charge in [-0.15, -0.1) is 11.3 Å². The predicted octanol–water partition coefficient (Wildman–Crippen LogP) is 4.16. The van der Waals surface area contributed by atoms with Gasteiger partial charge in [-0.3, -0.25) is 0 Å². The van der Waals surface area contributed by atoms with Gasteiger partial charge in [0, 0.05) is 17.2 Å². The number of thiophene rings is 1. The van der Waals surface area contributed by atoms with Gasteiger partial charge in [-0.1, -0.05) is 0 Å². The molecule has 0 atom stereocenters. The molecule has 0 aliphatic heterocycles. The molecule has 6 heteroatoms. The van der Waals surface area contributed by atoms with Crippen molar-refractivity contribution in [3.63, 3.8) is 0 Å². The first-order valence-electron chi connectivity index (χ1n) is 4.72. The van der Waals surface area contributed by atoms with Crippen molar-refractivity contribution in [2.75, 3.05) is 11.9 Å². The first kappa shape index (κ1) is 12.0. The Bertz CT molecular complexity index is 499. The van der Waals surface area contributed by atoms with Crippen molar-refractivity contribution in [1.82, 2.24) is 9.97 Å². The molecule has 0 spiro atoms. The molecule has 2 heterocycles. The largest absolute Gasteiger partial charge is 0.369 e. The van der Waals surface area contributed by atoms with E-state index in [9.17, 15) is 0 Å². The molecule has 84 valence electrons. The van der Waals surface area contributed by atoms with Crippen LogP contribution in [0, 0.1) is 0 Å². The first-order chi connectivity index (χ1) is 7.72. The van der Waals surface area contributed by atoms with Gasteiger partial charge in [-0.25, -0.2) is 9.97 Å². The third-order valence-corrected chi connectivity index (χ3v) is 4.32. The summed E-state index contributed by atoms with van der Waals surface area (Å²) in [6.45, 7) is 2.87. The molecule has 3 nitrogen and oxygen atoms in total. The van der Waals surface area contributed by atoms with Gasteiger partial charge in [0.05, 0.1) is 9.35 Å². The molecule has 0 aliphatic rings. The number of halogens is 2. The van der Waals surface area contributed by atoms with Crippen molar-refractivity contribution in [1.29, 1.82) is 0 Å². The molecule has 0 aromatic carbocycles. The van der Waals surface area contributed by atoms with Crippen LogP contribution in [0.2, 0.25) is 0 Å². The summed E-state index contributed by atoms with van der Waals surface area (Å²) in [5.41, 5.74) is 0. The smallest absolute Gasteiger partial charge is 0.172 e. The standard InChI is InChI=1S/C10H9Br2N3S/c1-2-13-9-7(12)5-14-10(15-9)8-6(11)3-4-16-8/h3-5H,2H2,1H3,(H,13,14,15). The molecule has 0 amide bonds. The molecule has 2 aromatic rings. The van der Waals surface area contributed by atoms with Crippen LogP contribution in [0.4, 0.5) is 5.82 Å². The van der Waals surface area contributed by atoms with E-state index >= 15 is 0 Å². The highest BCUT2D eigenvalue weighted by molar-refractivity contribution is 9.11. The molecule has 1 N–H and O–H groups in total. The van der Waals surface area contributed by atoms with E-state index in [1.54, 1.807) is 17.5 Å². The molecule has 0 aliphatic carbocycles. The van der Waals surface area contributed by atoms with Crippen LogP contribution in [0.25, 0.3) is 10.7 Å². The minimum Gasteiger partial charge on any atom is -0.369 e. The van der Waals surface area contributed by atoms with Gasteiger partial charge in [-0.2, -0.15) is 0 Å². The fraction of sp³-hybridized carbons (Fsp3) is 0.200. The van der Waals surface area contributed by atoms with Crippen LogP contribution in [0.1, 0.15) is 6.92 Å². The summed E-state index contributed by atoms with van der Waals surface area (Å²) in [6, 6.07) is 2.00. The average molecular weight is 363 g/mol. The summed E-state index contributed by atoms with van der Waals surface area (Å²) in [5.74, 6) is 1.56. The summed E-state index contributed by atoms with van der Waals surface area (Å²) in [6.07, 6.45) is 1.77. The van der Waals surface area contributed by atoms with Crippen molar-refractivity contribution in [3.8, 4) is 10.7 Å². The third-order valence-electron chi connectivity index (χ3n) is 1.91. The highest BCUT2D eigenvalue weighted by atomic mass is 79.9. The Hall–Kier alpha value is -0.460. The topological polar surface area (TPSA) is 37.8 Å². The molecule has 0 saturated carbocycles. The van der Waals surface area contributed by atoms with Crippen LogP contribution in [-0.4, -0.2) is 16.5 Å². The molecule has 2 rings (SSSR count). The maximum absolute atomic E-state index is 4.48. The lowest BCUT2D eigenvalue weighted by Gasteiger charge is -2.06. The quantitative estimate of drug-likeness (QED) is 0.890. The molecule has 0 fully saturated rings. The van der Waals surface area contributed by atoms with E-state index in [0.717, 1.165) is 32.0 Å². The van der Waals surface area contributed by atoms with Crippen molar-refractivity contribution >= 4 is 49.0 Å². The number of nitrogens with zero attached hydrogens (tertiary/aromatic N) is 2. The number of rotatable bonds is 3. The van der Waals surface area contributed by atoms with Gasteiger partial charge in [0.25, 0.3) is 0 Å². The molecule has 0 bridgehead atoms. The van der Waals surface area contributed by atoms with Crippen molar-refractivity contribution in [2.24, 2.45) is 0 Å². The maximum Gasteiger partial charge on any atom is 0.172 e. The lowest BCUT2D eigenvalue weighted by atomic mass is 10.4. The zero-order valence-electron chi connectivity index (χ0n) is 8.50. The summed E-state index contributed by atoms with van der Waals surface area (Å²) in [5, 5.41) is 5.20. The van der Waals surface area contributed by atoms with E-state index in [4.69, 9.17) is 0 Å². The summed E-state index contributed by atoms with van der Waals surface area (Å²) in [7, 11) is 0. The van der Waals surface area contributed by atoms with Crippen molar-refractivity contribution < 1.29 is 0 Å². The Labute approximate surface area is 115 Å². The SMILES string of the molecule is CCNc1nc(-c2sccc2Br)ncc1Br. The van der Waals surface area contributed by atoms with E-state index in [1.807, 2.05) is 18.4 Å². The summed E-state index contributed by atoms with van der Waals surface area (Å²) < 4.78 is 1.91. The van der Waals surface area contributed by atoms with Gasteiger partial charge in [0.2, 0.25) is 0 Å². The highest BCUT2D eigenvalue weighted by Gasteiger charge is 2.10. The summed E-state index contributed by atoms with van der Waals surface area (Å²) in [4.78, 5) is 9.83. The van der Waals surface area contributed by atoms with Crippen molar-refractivity contribution in [3.05, 3.63) is 26.6 Å². The lowest BCUT2D eigenvalue weighted by molar-refractivity contribution is 1.11. The normalized spacial score (nSPS) is 10.4. The van der Waals surface area contributed by atoms with Crippen LogP contribution in [0.15, 0.2) is 26.6 Å². The van der Waals surface area contributed by atoms with E-state index in [-0.39, 0.29) is 0 Å². The van der Waals surface area contributed by atoms with E-state index in [0.29, 0.717) is 0 Å². The Morgan fingerprint density at radius 3 is 2.81 bits per heavy atom. The molecule has 0 unspecified atom stereocenters. The fourth-order valence-corrected chi connectivity index (χ4v) is 3.04. The van der Waals surface area contributed by atoms with Gasteiger partial charge >= 0.3 is 0 Å². The van der Waals surface area contributed by atoms with Gasteiger partial charge < -0.3 is 5.32 Å². The Balaban J connectivity index is 2.43. The number of hydrogen-bond donors (Lipinski definition) is 1. The zero-order chi connectivity index (χ0) is 11.5. The Kier molecular flexibility index (Phi) is 3.94. The molecule has 0 radical (unpaired) electrons. The van der Waals surface area contributed by atoms with Gasteiger partial charge in [-0.05, 0) is 50.2 Å². The molecule has 0 saturated heterocycles. The number of aromatic nitrogens is 2. The average Bonchev–Trinajstić information content (AvgIpc) is 2.68. The molecule has 16 heavy (non-hydrogen) atoms. The lowest BCUT2D eigenvalue weighted by Crippen LogP contribution is -2.02. The second-order valence-electron chi connectivity index (χ2n) is 3.02. The number of nitrogens with one attached hydrogen (secondary N) is 1. The Morgan fingerprint density at radius 1 is 1.38 bits per heavy atom. The maximum atomic E-state index is 4.48. The minimum atomic E-state index is 0.737. The van der Waals surface area contributed by atoms with E-state index in [1.165, 1.54) is 0 Å². The van der Waals surface area contributed by atoms with Crippen LogP contribution >= 0.6 is 43.2 Å². The van der Waals surface area contributed by atoms with Crippen LogP contribution in [0.5, 0.6) is 0 Å². The molecule has 2 aromatic heterocycles. The van der Waals surface area contributed by atoms with Crippen LogP contribution in [-0.2, 0) is 0 Å². The fourth-order valence-electron chi connectivity index (χ4n) is 1.22. The highest BCUT2D eigenvalue weighted by Crippen LogP contribution is 2.32. The summed E-state index contributed by atoms with van der Waals surface area (Å²) >= 11 is 8.52. The minimum absolute atomic E-state index is 0.737. The van der Waals surface area contributed by atoms with Crippen LogP contribution < -0.4 is 5.32 Å². The van der Waals surface area contributed by atoms with Gasteiger partial charge in [0.15, 0.2) is 5.82 Å². The number of anilines is 1. The second kappa shape index (κ2) is 5.25. The van der Waals surface area contributed by atoms with Crippen LogP contribution in [0.3, 0.4) is 0 Å². The molecular formula is C10H9Br2N3S. The predicted molar refractivity (Wildman–Crippen MR) is 74.9 cm³/mol. The van der Waals surface area contributed by atoms with E-state index < -0.39 is 0 Å². The van der Waals surface area contributed by atoms with Crippen molar-refractivity contribution in [2.45, 2.75) is 6.92 Å². The third kappa shape index (κ3) is 2.44. The second-order valence-corrected chi connectivity index (χ2v) is 5.64. The van der Waals surface area contributed by atoms with Gasteiger partial charge in [0.1, 0.15) is 5.82 Å². The molecular weight excluding hydrogens is 354 g/mol. The Morgan fingerprint density at radius 2 is 2.19 bits per heavy atom.